The van der Waals surface area contributed by atoms with Gasteiger partial charge in [-0.25, -0.2) is 4.39 Å². The summed E-state index contributed by atoms with van der Waals surface area (Å²) >= 11 is 6.38. The normalized spacial score (nSPS) is 10.6. The Kier molecular flexibility index (Phi) is 4.54. The van der Waals surface area contributed by atoms with Gasteiger partial charge in [0, 0.05) is 21.1 Å². The molecule has 0 aliphatic heterocycles. The van der Waals surface area contributed by atoms with Crippen molar-refractivity contribution in [1.29, 1.82) is 0 Å². The molecular weight excluding hydrogens is 384 g/mol. The Labute approximate surface area is 125 Å². The summed E-state index contributed by atoms with van der Waals surface area (Å²) in [5.74, 6) is -1.83. The minimum atomic E-state index is -1.04. The lowest BCUT2D eigenvalue weighted by atomic mass is 10.2. The molecule has 0 fully saturated rings. The van der Waals surface area contributed by atoms with E-state index in [1.165, 1.54) is 6.07 Å². The van der Waals surface area contributed by atoms with Gasteiger partial charge in [-0.2, -0.15) is 4.39 Å². The number of ether oxygens (including phenoxy) is 1. The molecule has 0 saturated heterocycles. The van der Waals surface area contributed by atoms with E-state index in [0.29, 0.717) is 15.8 Å². The molecule has 2 aromatic carbocycles. The summed E-state index contributed by atoms with van der Waals surface area (Å²) in [6, 6.07) is 7.60. The van der Waals surface area contributed by atoms with Crippen LogP contribution in [-0.4, -0.2) is 0 Å². The van der Waals surface area contributed by atoms with Gasteiger partial charge in [0.25, 0.3) is 0 Å². The summed E-state index contributed by atoms with van der Waals surface area (Å²) in [6.45, 7) is 0.237. The van der Waals surface area contributed by atoms with E-state index in [9.17, 15) is 8.78 Å². The maximum Gasteiger partial charge on any atom is 0.201 e. The molecule has 0 unspecified atom stereocenters. The van der Waals surface area contributed by atoms with Crippen LogP contribution in [0.2, 0.25) is 0 Å². The SMILES string of the molecule is NCc1ccc(Br)cc1Oc1cc(Br)cc(F)c1F. The van der Waals surface area contributed by atoms with Crippen LogP contribution in [0.25, 0.3) is 0 Å². The zero-order valence-corrected chi connectivity index (χ0v) is 12.8. The van der Waals surface area contributed by atoms with Gasteiger partial charge in [0.15, 0.2) is 11.6 Å². The predicted molar refractivity (Wildman–Crippen MR) is 76.2 cm³/mol. The third kappa shape index (κ3) is 3.32. The third-order valence-electron chi connectivity index (χ3n) is 2.43. The topological polar surface area (TPSA) is 35.2 Å². The lowest BCUT2D eigenvalue weighted by Crippen LogP contribution is -2.00. The first-order valence-electron chi connectivity index (χ1n) is 5.32. The maximum absolute atomic E-state index is 13.6. The van der Waals surface area contributed by atoms with Gasteiger partial charge < -0.3 is 10.5 Å². The van der Waals surface area contributed by atoms with E-state index in [4.69, 9.17) is 10.5 Å². The van der Waals surface area contributed by atoms with Crippen molar-refractivity contribution in [2.75, 3.05) is 0 Å². The van der Waals surface area contributed by atoms with Gasteiger partial charge in [-0.05, 0) is 24.3 Å². The molecule has 0 heterocycles. The van der Waals surface area contributed by atoms with Crippen LogP contribution in [0.15, 0.2) is 39.3 Å². The van der Waals surface area contributed by atoms with Crippen LogP contribution in [0.4, 0.5) is 8.78 Å². The number of rotatable bonds is 3. The molecule has 0 spiro atoms. The number of benzene rings is 2. The summed E-state index contributed by atoms with van der Waals surface area (Å²) in [4.78, 5) is 0. The van der Waals surface area contributed by atoms with E-state index < -0.39 is 11.6 Å². The minimum Gasteiger partial charge on any atom is -0.454 e. The van der Waals surface area contributed by atoms with Gasteiger partial charge in [-0.15, -0.1) is 0 Å². The Morgan fingerprint density at radius 3 is 2.37 bits per heavy atom. The number of hydrogen-bond donors (Lipinski definition) is 1. The van der Waals surface area contributed by atoms with Crippen LogP contribution < -0.4 is 10.5 Å². The maximum atomic E-state index is 13.6. The number of nitrogens with two attached hydrogens (primary N) is 1. The molecule has 2 aromatic rings. The fourth-order valence-electron chi connectivity index (χ4n) is 1.52. The molecule has 0 radical (unpaired) electrons. The highest BCUT2D eigenvalue weighted by Crippen LogP contribution is 2.32. The van der Waals surface area contributed by atoms with Crippen LogP contribution in [0.3, 0.4) is 0 Å². The van der Waals surface area contributed by atoms with Crippen LogP contribution >= 0.6 is 31.9 Å². The number of halogens is 4. The van der Waals surface area contributed by atoms with Crippen molar-refractivity contribution in [3.8, 4) is 11.5 Å². The molecule has 100 valence electrons. The fourth-order valence-corrected chi connectivity index (χ4v) is 2.27. The first-order valence-corrected chi connectivity index (χ1v) is 6.90. The van der Waals surface area contributed by atoms with Gasteiger partial charge in [0.05, 0.1) is 0 Å². The molecule has 2 N–H and O–H groups in total. The monoisotopic (exact) mass is 391 g/mol. The van der Waals surface area contributed by atoms with Crippen LogP contribution in [0.1, 0.15) is 5.56 Å². The molecular formula is C13H9Br2F2NO. The standard InChI is InChI=1S/C13H9Br2F2NO/c14-8-2-1-7(6-18)11(4-8)19-12-5-9(15)3-10(16)13(12)17/h1-5H,6,18H2. The molecule has 2 nitrogen and oxygen atoms in total. The Morgan fingerprint density at radius 1 is 1.00 bits per heavy atom. The molecule has 2 rings (SSSR count). The van der Waals surface area contributed by atoms with Gasteiger partial charge in [-0.3, -0.25) is 0 Å². The van der Waals surface area contributed by atoms with Crippen molar-refractivity contribution in [2.24, 2.45) is 5.73 Å². The van der Waals surface area contributed by atoms with E-state index >= 15 is 0 Å². The molecule has 0 aliphatic carbocycles. The molecule has 0 atom stereocenters. The lowest BCUT2D eigenvalue weighted by molar-refractivity contribution is 0.412. The molecule has 0 bridgehead atoms. The predicted octanol–water partition coefficient (Wildman–Crippen LogP) is 4.74. The summed E-state index contributed by atoms with van der Waals surface area (Å²) < 4.78 is 33.5. The molecule has 6 heteroatoms. The fraction of sp³-hybridized carbons (Fsp3) is 0.0769. The van der Waals surface area contributed by atoms with Gasteiger partial charge in [0.2, 0.25) is 5.82 Å². The number of hydrogen-bond acceptors (Lipinski definition) is 2. The van der Waals surface area contributed by atoms with Crippen molar-refractivity contribution in [3.63, 3.8) is 0 Å². The Morgan fingerprint density at radius 2 is 1.68 bits per heavy atom. The second-order valence-electron chi connectivity index (χ2n) is 3.76. The first kappa shape index (κ1) is 14.4. The van der Waals surface area contributed by atoms with Gasteiger partial charge in [-0.1, -0.05) is 37.9 Å². The quantitative estimate of drug-likeness (QED) is 0.765. The largest absolute Gasteiger partial charge is 0.454 e. The zero-order chi connectivity index (χ0) is 14.0. The van der Waals surface area contributed by atoms with Crippen molar-refractivity contribution in [1.82, 2.24) is 0 Å². The summed E-state index contributed by atoms with van der Waals surface area (Å²) in [5, 5.41) is 0. The van der Waals surface area contributed by atoms with Crippen LogP contribution in [0.5, 0.6) is 11.5 Å². The van der Waals surface area contributed by atoms with E-state index in [-0.39, 0.29) is 12.3 Å². The Hall–Kier alpha value is -0.980. The van der Waals surface area contributed by atoms with Gasteiger partial charge >= 0.3 is 0 Å². The highest BCUT2D eigenvalue weighted by Gasteiger charge is 2.14. The van der Waals surface area contributed by atoms with E-state index in [1.54, 1.807) is 18.2 Å². The van der Waals surface area contributed by atoms with Crippen molar-refractivity contribution in [2.45, 2.75) is 6.54 Å². The van der Waals surface area contributed by atoms with Crippen molar-refractivity contribution >= 4 is 31.9 Å². The average Bonchev–Trinajstić information content (AvgIpc) is 2.35. The zero-order valence-electron chi connectivity index (χ0n) is 9.59. The minimum absolute atomic E-state index is 0.195. The average molecular weight is 393 g/mol. The molecule has 19 heavy (non-hydrogen) atoms. The second-order valence-corrected chi connectivity index (χ2v) is 5.59. The van der Waals surface area contributed by atoms with E-state index in [1.807, 2.05) is 0 Å². The summed E-state index contributed by atoms with van der Waals surface area (Å²) in [7, 11) is 0. The van der Waals surface area contributed by atoms with Crippen molar-refractivity contribution < 1.29 is 13.5 Å². The Balaban J connectivity index is 2.44. The molecule has 0 aromatic heterocycles. The van der Waals surface area contributed by atoms with E-state index in [0.717, 1.165) is 10.5 Å². The lowest BCUT2D eigenvalue weighted by Gasteiger charge is -2.12. The smallest absolute Gasteiger partial charge is 0.201 e. The third-order valence-corrected chi connectivity index (χ3v) is 3.38. The highest BCUT2D eigenvalue weighted by molar-refractivity contribution is 9.10. The highest BCUT2D eigenvalue weighted by atomic mass is 79.9. The first-order chi connectivity index (χ1) is 9.01. The van der Waals surface area contributed by atoms with Crippen molar-refractivity contribution in [3.05, 3.63) is 56.5 Å². The second kappa shape index (κ2) is 5.98. The molecule has 0 aliphatic rings. The van der Waals surface area contributed by atoms with Crippen LogP contribution in [-0.2, 0) is 6.54 Å². The molecule has 0 saturated carbocycles. The Bertz CT molecular complexity index is 620. The molecule has 0 amide bonds. The summed E-state index contributed by atoms with van der Waals surface area (Å²) in [5.41, 5.74) is 6.28. The van der Waals surface area contributed by atoms with Crippen LogP contribution in [0, 0.1) is 11.6 Å². The summed E-state index contributed by atoms with van der Waals surface area (Å²) in [6.07, 6.45) is 0. The van der Waals surface area contributed by atoms with Gasteiger partial charge in [0.1, 0.15) is 5.75 Å². The van der Waals surface area contributed by atoms with E-state index in [2.05, 4.69) is 31.9 Å².